The Kier molecular flexibility index (Phi) is 6.50. The van der Waals surface area contributed by atoms with Crippen LogP contribution in [0.5, 0.6) is 0 Å². The Bertz CT molecular complexity index is 891. The molecule has 1 aromatic heterocycles. The molecule has 2 aliphatic carbocycles. The van der Waals surface area contributed by atoms with Crippen LogP contribution in [-0.4, -0.2) is 34.3 Å². The van der Waals surface area contributed by atoms with E-state index in [0.717, 1.165) is 56.9 Å². The number of amides is 1. The van der Waals surface area contributed by atoms with Crippen LogP contribution in [0.2, 0.25) is 0 Å². The van der Waals surface area contributed by atoms with Crippen LogP contribution in [0.4, 0.5) is 0 Å². The van der Waals surface area contributed by atoms with Crippen molar-refractivity contribution in [2.24, 2.45) is 5.92 Å². The number of fused-ring (bicyclic) bond motifs is 1. The van der Waals surface area contributed by atoms with Gasteiger partial charge in [-0.05, 0) is 51.0 Å². The summed E-state index contributed by atoms with van der Waals surface area (Å²) in [5.74, 6) is -0.606. The van der Waals surface area contributed by atoms with Gasteiger partial charge in [-0.2, -0.15) is 5.10 Å². The summed E-state index contributed by atoms with van der Waals surface area (Å²) in [6.45, 7) is 2.86. The van der Waals surface area contributed by atoms with E-state index in [1.54, 1.807) is 0 Å². The molecule has 2 aliphatic rings. The van der Waals surface area contributed by atoms with Crippen LogP contribution in [0.3, 0.4) is 0 Å². The molecule has 6 nitrogen and oxygen atoms in total. The Hall–Kier alpha value is -2.63. The first-order valence-corrected chi connectivity index (χ1v) is 11.3. The number of esters is 1. The molecule has 0 bridgehead atoms. The van der Waals surface area contributed by atoms with Crippen LogP contribution in [0, 0.1) is 5.92 Å². The lowest BCUT2D eigenvalue weighted by Crippen LogP contribution is -2.46. The smallest absolute Gasteiger partial charge is 0.311 e. The van der Waals surface area contributed by atoms with Gasteiger partial charge in [0.15, 0.2) is 5.69 Å². The maximum atomic E-state index is 13.2. The summed E-state index contributed by atoms with van der Waals surface area (Å²) in [6, 6.07) is 10.1. The molecule has 1 fully saturated rings. The molecule has 0 saturated heterocycles. The minimum absolute atomic E-state index is 0.152. The molecule has 2 aromatic rings. The van der Waals surface area contributed by atoms with Gasteiger partial charge in [-0.25, -0.2) is 0 Å². The standard InChI is InChI=1S/C24H31N3O3/c1-2-30-24(29)18-12-6-8-14-20(18)25-23(28)22-19-13-7-9-15-21(19)27(26-22)16-17-10-4-3-5-11-17/h3-5,10-11,18,20H,2,6-9,12-16H2,1H3,(H,25,28)/t18-,20?/m1/s1. The predicted octanol–water partition coefficient (Wildman–Crippen LogP) is 3.66. The number of ether oxygens (including phenoxy) is 1. The van der Waals surface area contributed by atoms with E-state index in [1.165, 1.54) is 11.3 Å². The maximum absolute atomic E-state index is 13.2. The summed E-state index contributed by atoms with van der Waals surface area (Å²) in [5, 5.41) is 7.88. The Balaban J connectivity index is 1.55. The maximum Gasteiger partial charge on any atom is 0.311 e. The van der Waals surface area contributed by atoms with Crippen molar-refractivity contribution in [2.45, 2.75) is 70.9 Å². The third kappa shape index (κ3) is 4.42. The third-order valence-corrected chi connectivity index (χ3v) is 6.32. The van der Waals surface area contributed by atoms with Crippen LogP contribution in [0.15, 0.2) is 30.3 Å². The van der Waals surface area contributed by atoms with Gasteiger partial charge in [0.2, 0.25) is 0 Å². The number of aromatic nitrogens is 2. The fourth-order valence-corrected chi connectivity index (χ4v) is 4.81. The van der Waals surface area contributed by atoms with Crippen molar-refractivity contribution < 1.29 is 14.3 Å². The first-order chi connectivity index (χ1) is 14.7. The van der Waals surface area contributed by atoms with Gasteiger partial charge in [-0.3, -0.25) is 14.3 Å². The number of hydrogen-bond acceptors (Lipinski definition) is 4. The number of carbonyl (C=O) groups is 2. The highest BCUT2D eigenvalue weighted by Gasteiger charge is 2.34. The number of nitrogens with zero attached hydrogens (tertiary/aromatic N) is 2. The summed E-state index contributed by atoms with van der Waals surface area (Å²) in [7, 11) is 0. The van der Waals surface area contributed by atoms with Gasteiger partial charge in [0.05, 0.1) is 19.1 Å². The third-order valence-electron chi connectivity index (χ3n) is 6.32. The Morgan fingerprint density at radius 2 is 1.87 bits per heavy atom. The van der Waals surface area contributed by atoms with Crippen molar-refractivity contribution in [2.75, 3.05) is 6.61 Å². The second-order valence-corrected chi connectivity index (χ2v) is 8.35. The summed E-state index contributed by atoms with van der Waals surface area (Å²) in [4.78, 5) is 25.6. The van der Waals surface area contributed by atoms with E-state index in [-0.39, 0.29) is 23.8 Å². The van der Waals surface area contributed by atoms with Crippen LogP contribution in [-0.2, 0) is 28.9 Å². The highest BCUT2D eigenvalue weighted by Crippen LogP contribution is 2.28. The molecule has 1 heterocycles. The SMILES string of the molecule is CCOC(=O)[C@@H]1CCCCC1NC(=O)c1nn(Cc2ccccc2)c2c1CCCC2. The molecular formula is C24H31N3O3. The van der Waals surface area contributed by atoms with E-state index >= 15 is 0 Å². The molecule has 1 aromatic carbocycles. The molecule has 30 heavy (non-hydrogen) atoms. The minimum Gasteiger partial charge on any atom is -0.466 e. The fraction of sp³-hybridized carbons (Fsp3) is 0.542. The number of carbonyl (C=O) groups excluding carboxylic acids is 2. The lowest BCUT2D eigenvalue weighted by atomic mass is 9.84. The molecule has 1 saturated carbocycles. The summed E-state index contributed by atoms with van der Waals surface area (Å²) in [6.07, 6.45) is 7.64. The van der Waals surface area contributed by atoms with Crippen LogP contribution >= 0.6 is 0 Å². The van der Waals surface area contributed by atoms with E-state index in [2.05, 4.69) is 17.4 Å². The molecule has 0 spiro atoms. The van der Waals surface area contributed by atoms with Gasteiger partial charge in [0.1, 0.15) is 0 Å². The first-order valence-electron chi connectivity index (χ1n) is 11.3. The number of benzene rings is 1. The number of nitrogens with one attached hydrogen (secondary N) is 1. The largest absolute Gasteiger partial charge is 0.466 e. The second-order valence-electron chi connectivity index (χ2n) is 8.35. The average Bonchev–Trinajstić information content (AvgIpc) is 3.14. The second kappa shape index (κ2) is 9.45. The molecule has 0 radical (unpaired) electrons. The summed E-state index contributed by atoms with van der Waals surface area (Å²) < 4.78 is 7.25. The van der Waals surface area contributed by atoms with E-state index in [0.29, 0.717) is 18.8 Å². The molecule has 6 heteroatoms. The van der Waals surface area contributed by atoms with Crippen LogP contribution in [0.25, 0.3) is 0 Å². The van der Waals surface area contributed by atoms with Gasteiger partial charge >= 0.3 is 5.97 Å². The van der Waals surface area contributed by atoms with Crippen molar-refractivity contribution in [1.29, 1.82) is 0 Å². The Morgan fingerprint density at radius 1 is 1.10 bits per heavy atom. The lowest BCUT2D eigenvalue weighted by molar-refractivity contribution is -0.150. The molecule has 1 amide bonds. The van der Waals surface area contributed by atoms with Crippen molar-refractivity contribution in [3.8, 4) is 0 Å². The Labute approximate surface area is 178 Å². The predicted molar refractivity (Wildman–Crippen MR) is 114 cm³/mol. The molecule has 160 valence electrons. The van der Waals surface area contributed by atoms with Crippen LogP contribution < -0.4 is 5.32 Å². The van der Waals surface area contributed by atoms with E-state index < -0.39 is 0 Å². The van der Waals surface area contributed by atoms with Gasteiger partial charge in [-0.15, -0.1) is 0 Å². The lowest BCUT2D eigenvalue weighted by Gasteiger charge is -2.30. The molecule has 0 aliphatic heterocycles. The van der Waals surface area contributed by atoms with Gasteiger partial charge in [0.25, 0.3) is 5.91 Å². The van der Waals surface area contributed by atoms with Crippen molar-refractivity contribution in [3.63, 3.8) is 0 Å². The molecule has 4 rings (SSSR count). The van der Waals surface area contributed by atoms with E-state index in [1.807, 2.05) is 29.8 Å². The number of rotatable bonds is 6. The van der Waals surface area contributed by atoms with Crippen molar-refractivity contribution in [3.05, 3.63) is 52.8 Å². The molecular weight excluding hydrogens is 378 g/mol. The zero-order chi connectivity index (χ0) is 20.9. The number of hydrogen-bond donors (Lipinski definition) is 1. The first kappa shape index (κ1) is 20.6. The van der Waals surface area contributed by atoms with Crippen molar-refractivity contribution in [1.82, 2.24) is 15.1 Å². The molecule has 2 atom stereocenters. The normalized spacial score (nSPS) is 21.0. The average molecular weight is 410 g/mol. The van der Waals surface area contributed by atoms with E-state index in [4.69, 9.17) is 9.84 Å². The van der Waals surface area contributed by atoms with Crippen molar-refractivity contribution >= 4 is 11.9 Å². The van der Waals surface area contributed by atoms with Gasteiger partial charge < -0.3 is 10.1 Å². The Morgan fingerprint density at radius 3 is 2.67 bits per heavy atom. The zero-order valence-electron chi connectivity index (χ0n) is 17.7. The minimum atomic E-state index is -0.259. The van der Waals surface area contributed by atoms with Gasteiger partial charge in [-0.1, -0.05) is 43.2 Å². The quantitative estimate of drug-likeness (QED) is 0.739. The molecule has 1 N–H and O–H groups in total. The topological polar surface area (TPSA) is 73.2 Å². The molecule has 1 unspecified atom stereocenters. The summed E-state index contributed by atoms with van der Waals surface area (Å²) >= 11 is 0. The van der Waals surface area contributed by atoms with Gasteiger partial charge in [0, 0.05) is 17.3 Å². The summed E-state index contributed by atoms with van der Waals surface area (Å²) in [5.41, 5.74) is 3.97. The highest BCUT2D eigenvalue weighted by molar-refractivity contribution is 5.94. The highest BCUT2D eigenvalue weighted by atomic mass is 16.5. The zero-order valence-corrected chi connectivity index (χ0v) is 17.7. The van der Waals surface area contributed by atoms with Crippen LogP contribution in [0.1, 0.15) is 72.8 Å². The fourth-order valence-electron chi connectivity index (χ4n) is 4.81. The van der Waals surface area contributed by atoms with E-state index in [9.17, 15) is 9.59 Å². The monoisotopic (exact) mass is 409 g/mol.